The van der Waals surface area contributed by atoms with E-state index in [1.807, 2.05) is 6.07 Å². The van der Waals surface area contributed by atoms with Crippen LogP contribution in [0.5, 0.6) is 17.2 Å². The Labute approximate surface area is 125 Å². The molecule has 1 aliphatic rings. The SMILES string of the molecule is COCCN1Cc2c(cc(OC)c(OC)c2OC)C1CN. The van der Waals surface area contributed by atoms with Crippen LogP contribution in [0.2, 0.25) is 0 Å². The van der Waals surface area contributed by atoms with Gasteiger partial charge in [-0.15, -0.1) is 0 Å². The highest BCUT2D eigenvalue weighted by atomic mass is 16.5. The standard InChI is InChI=1S/C15H24N2O4/c1-18-6-5-17-9-11-10(12(17)8-16)7-13(19-2)15(21-4)14(11)20-3/h7,12H,5-6,8-9,16H2,1-4H3. The van der Waals surface area contributed by atoms with Crippen molar-refractivity contribution in [1.82, 2.24) is 4.90 Å². The van der Waals surface area contributed by atoms with Crippen LogP contribution in [0.25, 0.3) is 0 Å². The summed E-state index contributed by atoms with van der Waals surface area (Å²) in [5, 5.41) is 0. The maximum absolute atomic E-state index is 5.97. The van der Waals surface area contributed by atoms with Crippen LogP contribution in [0.4, 0.5) is 0 Å². The molecule has 0 radical (unpaired) electrons. The van der Waals surface area contributed by atoms with Gasteiger partial charge in [0.1, 0.15) is 0 Å². The van der Waals surface area contributed by atoms with Gasteiger partial charge in [0.05, 0.1) is 27.9 Å². The number of methoxy groups -OCH3 is 4. The molecule has 2 rings (SSSR count). The minimum Gasteiger partial charge on any atom is -0.493 e. The van der Waals surface area contributed by atoms with Crippen molar-refractivity contribution in [1.29, 1.82) is 0 Å². The van der Waals surface area contributed by atoms with Crippen LogP contribution < -0.4 is 19.9 Å². The third kappa shape index (κ3) is 2.79. The molecule has 0 bridgehead atoms. The summed E-state index contributed by atoms with van der Waals surface area (Å²) in [4.78, 5) is 2.29. The van der Waals surface area contributed by atoms with Crippen molar-refractivity contribution in [2.75, 3.05) is 48.1 Å². The Hall–Kier alpha value is -1.50. The number of nitrogens with two attached hydrogens (primary N) is 1. The van der Waals surface area contributed by atoms with Gasteiger partial charge in [-0.25, -0.2) is 0 Å². The summed E-state index contributed by atoms with van der Waals surface area (Å²) in [5.74, 6) is 2.02. The van der Waals surface area contributed by atoms with Crippen LogP contribution in [-0.4, -0.2) is 53.0 Å². The van der Waals surface area contributed by atoms with Crippen molar-refractivity contribution in [2.24, 2.45) is 5.73 Å². The monoisotopic (exact) mass is 296 g/mol. The summed E-state index contributed by atoms with van der Waals surface area (Å²) in [5.41, 5.74) is 8.22. The lowest BCUT2D eigenvalue weighted by Gasteiger charge is -2.23. The molecule has 1 unspecified atom stereocenters. The first-order valence-electron chi connectivity index (χ1n) is 6.96. The number of hydrogen-bond acceptors (Lipinski definition) is 6. The average molecular weight is 296 g/mol. The van der Waals surface area contributed by atoms with Crippen molar-refractivity contribution in [3.8, 4) is 17.2 Å². The van der Waals surface area contributed by atoms with Crippen LogP contribution in [-0.2, 0) is 11.3 Å². The molecular weight excluding hydrogens is 272 g/mol. The molecule has 21 heavy (non-hydrogen) atoms. The number of fused-ring (bicyclic) bond motifs is 1. The van der Waals surface area contributed by atoms with Crippen molar-refractivity contribution in [3.63, 3.8) is 0 Å². The van der Waals surface area contributed by atoms with Crippen LogP contribution in [0.3, 0.4) is 0 Å². The van der Waals surface area contributed by atoms with Gasteiger partial charge in [0.15, 0.2) is 11.5 Å². The van der Waals surface area contributed by atoms with Gasteiger partial charge in [-0.3, -0.25) is 4.90 Å². The quantitative estimate of drug-likeness (QED) is 0.815. The highest BCUT2D eigenvalue weighted by Gasteiger charge is 2.34. The van der Waals surface area contributed by atoms with Gasteiger partial charge in [0, 0.05) is 38.3 Å². The largest absolute Gasteiger partial charge is 0.493 e. The van der Waals surface area contributed by atoms with E-state index in [1.165, 1.54) is 0 Å². The predicted molar refractivity (Wildman–Crippen MR) is 80.2 cm³/mol. The van der Waals surface area contributed by atoms with E-state index in [1.54, 1.807) is 28.4 Å². The lowest BCUT2D eigenvalue weighted by atomic mass is 10.0. The van der Waals surface area contributed by atoms with Crippen LogP contribution in [0, 0.1) is 0 Å². The molecule has 118 valence electrons. The van der Waals surface area contributed by atoms with Crippen molar-refractivity contribution in [2.45, 2.75) is 12.6 Å². The molecule has 2 N–H and O–H groups in total. The lowest BCUT2D eigenvalue weighted by Crippen LogP contribution is -2.30. The van der Waals surface area contributed by atoms with Gasteiger partial charge in [-0.05, 0) is 11.6 Å². The molecule has 0 spiro atoms. The number of benzene rings is 1. The molecule has 1 aromatic rings. The summed E-state index contributed by atoms with van der Waals surface area (Å²) in [6.45, 7) is 2.79. The van der Waals surface area contributed by atoms with E-state index >= 15 is 0 Å². The zero-order valence-electron chi connectivity index (χ0n) is 13.1. The Balaban J connectivity index is 2.46. The van der Waals surface area contributed by atoms with E-state index in [4.69, 9.17) is 24.7 Å². The fourth-order valence-electron chi connectivity index (χ4n) is 2.92. The first-order valence-corrected chi connectivity index (χ1v) is 6.96. The van der Waals surface area contributed by atoms with E-state index in [0.29, 0.717) is 24.7 Å². The maximum atomic E-state index is 5.97. The van der Waals surface area contributed by atoms with Crippen molar-refractivity contribution in [3.05, 3.63) is 17.2 Å². The Morgan fingerprint density at radius 1 is 1.14 bits per heavy atom. The number of ether oxygens (including phenoxy) is 4. The van der Waals surface area contributed by atoms with E-state index in [-0.39, 0.29) is 6.04 Å². The minimum atomic E-state index is 0.142. The molecule has 1 heterocycles. The average Bonchev–Trinajstić information content (AvgIpc) is 2.87. The molecule has 1 aliphatic heterocycles. The molecule has 1 aromatic carbocycles. The summed E-state index contributed by atoms with van der Waals surface area (Å²) in [6, 6.07) is 2.14. The van der Waals surface area contributed by atoms with E-state index < -0.39 is 0 Å². The number of hydrogen-bond donors (Lipinski definition) is 1. The molecule has 6 nitrogen and oxygen atoms in total. The zero-order valence-corrected chi connectivity index (χ0v) is 13.1. The molecule has 1 atom stereocenters. The fraction of sp³-hybridized carbons (Fsp3) is 0.600. The second kappa shape index (κ2) is 6.98. The highest BCUT2D eigenvalue weighted by molar-refractivity contribution is 5.61. The van der Waals surface area contributed by atoms with Crippen LogP contribution in [0.15, 0.2) is 6.07 Å². The van der Waals surface area contributed by atoms with Crippen LogP contribution in [0.1, 0.15) is 17.2 Å². The van der Waals surface area contributed by atoms with Gasteiger partial charge in [-0.2, -0.15) is 0 Å². The zero-order chi connectivity index (χ0) is 15.4. The highest BCUT2D eigenvalue weighted by Crippen LogP contribution is 2.48. The minimum absolute atomic E-state index is 0.142. The van der Waals surface area contributed by atoms with Crippen molar-refractivity contribution >= 4 is 0 Å². The lowest BCUT2D eigenvalue weighted by molar-refractivity contribution is 0.127. The van der Waals surface area contributed by atoms with Crippen LogP contribution >= 0.6 is 0 Å². The Morgan fingerprint density at radius 2 is 1.86 bits per heavy atom. The summed E-state index contributed by atoms with van der Waals surface area (Å²) in [7, 11) is 6.59. The molecule has 6 heteroatoms. The fourth-order valence-corrected chi connectivity index (χ4v) is 2.92. The van der Waals surface area contributed by atoms with E-state index in [9.17, 15) is 0 Å². The van der Waals surface area contributed by atoms with Gasteiger partial charge < -0.3 is 24.7 Å². The van der Waals surface area contributed by atoms with Gasteiger partial charge in [-0.1, -0.05) is 0 Å². The summed E-state index contributed by atoms with van der Waals surface area (Å²) >= 11 is 0. The Bertz CT molecular complexity index is 493. The van der Waals surface area contributed by atoms with Gasteiger partial charge in [0.25, 0.3) is 0 Å². The van der Waals surface area contributed by atoms with Gasteiger partial charge in [0.2, 0.25) is 5.75 Å². The van der Waals surface area contributed by atoms with Gasteiger partial charge >= 0.3 is 0 Å². The smallest absolute Gasteiger partial charge is 0.203 e. The second-order valence-electron chi connectivity index (χ2n) is 4.93. The first kappa shape index (κ1) is 15.9. The molecule has 0 aliphatic carbocycles. The second-order valence-corrected chi connectivity index (χ2v) is 4.93. The molecule has 0 saturated carbocycles. The third-order valence-electron chi connectivity index (χ3n) is 3.93. The Morgan fingerprint density at radius 3 is 2.38 bits per heavy atom. The molecule has 0 saturated heterocycles. The maximum Gasteiger partial charge on any atom is 0.203 e. The van der Waals surface area contributed by atoms with Crippen molar-refractivity contribution < 1.29 is 18.9 Å². The first-order chi connectivity index (χ1) is 10.2. The number of rotatable bonds is 7. The van der Waals surface area contributed by atoms with E-state index in [2.05, 4.69) is 4.90 Å². The topological polar surface area (TPSA) is 66.2 Å². The predicted octanol–water partition coefficient (Wildman–Crippen LogP) is 1.17. The molecular formula is C15H24N2O4. The Kier molecular flexibility index (Phi) is 5.27. The number of nitrogens with zero attached hydrogens (tertiary/aromatic N) is 1. The molecule has 0 amide bonds. The normalized spacial score (nSPS) is 17.7. The molecule has 0 aromatic heterocycles. The summed E-state index contributed by atoms with van der Waals surface area (Å²) < 4.78 is 21.6. The van der Waals surface area contributed by atoms with E-state index in [0.717, 1.165) is 30.0 Å². The third-order valence-corrected chi connectivity index (χ3v) is 3.93. The molecule has 0 fully saturated rings. The summed E-state index contributed by atoms with van der Waals surface area (Å²) in [6.07, 6.45) is 0.